The van der Waals surface area contributed by atoms with Crippen molar-refractivity contribution in [3.63, 3.8) is 0 Å². The third-order valence-electron chi connectivity index (χ3n) is 4.67. The molecule has 1 saturated heterocycles. The highest BCUT2D eigenvalue weighted by molar-refractivity contribution is 5.91. The minimum Gasteiger partial charge on any atom is -0.459 e. The Bertz CT molecular complexity index is 946. The highest BCUT2D eigenvalue weighted by Gasteiger charge is 2.24. The fraction of sp³-hybridized carbons (Fsp3) is 0.286. The van der Waals surface area contributed by atoms with Crippen LogP contribution in [0.3, 0.4) is 0 Å². The van der Waals surface area contributed by atoms with Gasteiger partial charge in [-0.1, -0.05) is 17.7 Å². The van der Waals surface area contributed by atoms with E-state index in [0.29, 0.717) is 43.6 Å². The van der Waals surface area contributed by atoms with Gasteiger partial charge in [0, 0.05) is 32.2 Å². The first-order chi connectivity index (χ1) is 13.6. The van der Waals surface area contributed by atoms with Gasteiger partial charge in [-0.25, -0.2) is 4.98 Å². The number of ether oxygens (including phenoxy) is 1. The minimum absolute atomic E-state index is 0.0769. The number of aryl methyl sites for hydroxylation is 2. The van der Waals surface area contributed by atoms with Crippen LogP contribution in [0.1, 0.15) is 21.9 Å². The number of benzene rings is 1. The summed E-state index contributed by atoms with van der Waals surface area (Å²) >= 11 is 0. The molecule has 28 heavy (non-hydrogen) atoms. The molecule has 0 atom stereocenters. The van der Waals surface area contributed by atoms with Crippen LogP contribution in [-0.4, -0.2) is 47.0 Å². The number of hydrogen-bond donors (Lipinski definition) is 0. The third kappa shape index (κ3) is 3.98. The van der Waals surface area contributed by atoms with Crippen LogP contribution in [0.15, 0.2) is 53.1 Å². The second kappa shape index (κ2) is 7.72. The number of furan rings is 1. The summed E-state index contributed by atoms with van der Waals surface area (Å²) in [6, 6.07) is 13.1. The zero-order chi connectivity index (χ0) is 19.5. The average molecular weight is 378 g/mol. The first kappa shape index (κ1) is 18.0. The predicted molar refractivity (Wildman–Crippen MR) is 105 cm³/mol. The van der Waals surface area contributed by atoms with E-state index in [2.05, 4.69) is 14.9 Å². The lowest BCUT2D eigenvalue weighted by Crippen LogP contribution is -2.49. The predicted octanol–water partition coefficient (Wildman–Crippen LogP) is 3.44. The topological polar surface area (TPSA) is 71.7 Å². The van der Waals surface area contributed by atoms with Crippen LogP contribution in [0, 0.1) is 13.8 Å². The fourth-order valence-corrected chi connectivity index (χ4v) is 3.16. The summed E-state index contributed by atoms with van der Waals surface area (Å²) in [6.45, 7) is 6.47. The van der Waals surface area contributed by atoms with Gasteiger partial charge in [0.1, 0.15) is 17.4 Å². The zero-order valence-corrected chi connectivity index (χ0v) is 16.0. The lowest BCUT2D eigenvalue weighted by Gasteiger charge is -2.35. The molecule has 1 aliphatic rings. The molecule has 4 rings (SSSR count). The van der Waals surface area contributed by atoms with Crippen LogP contribution in [0.25, 0.3) is 0 Å². The smallest absolute Gasteiger partial charge is 0.289 e. The second-order valence-corrected chi connectivity index (χ2v) is 6.78. The van der Waals surface area contributed by atoms with Gasteiger partial charge < -0.3 is 19.0 Å². The Labute approximate surface area is 163 Å². The number of carbonyl (C=O) groups is 1. The van der Waals surface area contributed by atoms with E-state index in [1.54, 1.807) is 17.0 Å². The van der Waals surface area contributed by atoms with Crippen LogP contribution in [-0.2, 0) is 0 Å². The molecule has 144 valence electrons. The monoisotopic (exact) mass is 378 g/mol. The Morgan fingerprint density at radius 3 is 2.46 bits per heavy atom. The van der Waals surface area contributed by atoms with Gasteiger partial charge in [0.2, 0.25) is 5.88 Å². The molecule has 0 N–H and O–H groups in total. The molecule has 0 bridgehead atoms. The molecule has 1 fully saturated rings. The third-order valence-corrected chi connectivity index (χ3v) is 4.67. The van der Waals surface area contributed by atoms with Crippen LogP contribution in [0.2, 0.25) is 0 Å². The summed E-state index contributed by atoms with van der Waals surface area (Å²) in [4.78, 5) is 25.3. The fourth-order valence-electron chi connectivity index (χ4n) is 3.16. The zero-order valence-electron chi connectivity index (χ0n) is 16.0. The van der Waals surface area contributed by atoms with Crippen molar-refractivity contribution in [3.8, 4) is 11.6 Å². The summed E-state index contributed by atoms with van der Waals surface area (Å²) in [6.07, 6.45) is 1.52. The van der Waals surface area contributed by atoms with Gasteiger partial charge in [-0.2, -0.15) is 4.98 Å². The molecule has 0 spiro atoms. The van der Waals surface area contributed by atoms with Gasteiger partial charge in [0.15, 0.2) is 5.76 Å². The highest BCUT2D eigenvalue weighted by atomic mass is 16.5. The molecule has 7 nitrogen and oxygen atoms in total. The van der Waals surface area contributed by atoms with Crippen molar-refractivity contribution in [1.29, 1.82) is 0 Å². The maximum Gasteiger partial charge on any atom is 0.289 e. The Morgan fingerprint density at radius 2 is 1.79 bits per heavy atom. The lowest BCUT2D eigenvalue weighted by atomic mass is 10.2. The van der Waals surface area contributed by atoms with Crippen LogP contribution < -0.4 is 9.64 Å². The van der Waals surface area contributed by atoms with Crippen LogP contribution in [0.4, 0.5) is 5.82 Å². The molecule has 7 heteroatoms. The number of rotatable bonds is 4. The number of piperazine rings is 1. The Hall–Kier alpha value is -3.35. The molecular weight excluding hydrogens is 356 g/mol. The van der Waals surface area contributed by atoms with E-state index < -0.39 is 0 Å². The first-order valence-electron chi connectivity index (χ1n) is 9.26. The summed E-state index contributed by atoms with van der Waals surface area (Å²) in [7, 11) is 0. The van der Waals surface area contributed by atoms with E-state index in [-0.39, 0.29) is 5.91 Å². The van der Waals surface area contributed by atoms with Crippen molar-refractivity contribution in [2.45, 2.75) is 13.8 Å². The van der Waals surface area contributed by atoms with Gasteiger partial charge in [0.05, 0.1) is 6.26 Å². The standard InChI is InChI=1S/C21H22N4O3/c1-15-5-7-17(8-6-15)28-20-14-19(22-16(2)23-20)24-9-11-25(12-10-24)21(26)18-4-3-13-27-18/h3-8,13-14H,9-12H2,1-2H3. The van der Waals surface area contributed by atoms with Gasteiger partial charge in [-0.15, -0.1) is 0 Å². The molecule has 1 amide bonds. The maximum atomic E-state index is 12.4. The normalized spacial score (nSPS) is 14.2. The van der Waals surface area contributed by atoms with Gasteiger partial charge >= 0.3 is 0 Å². The lowest BCUT2D eigenvalue weighted by molar-refractivity contribution is 0.0714. The number of nitrogens with zero attached hydrogens (tertiary/aromatic N) is 4. The summed E-state index contributed by atoms with van der Waals surface area (Å²) < 4.78 is 11.1. The molecule has 1 aliphatic heterocycles. The van der Waals surface area contributed by atoms with Gasteiger partial charge in [0.25, 0.3) is 5.91 Å². The van der Waals surface area contributed by atoms with Gasteiger partial charge in [-0.3, -0.25) is 4.79 Å². The molecule has 0 unspecified atom stereocenters. The molecule has 3 heterocycles. The van der Waals surface area contributed by atoms with Crippen LogP contribution >= 0.6 is 0 Å². The Balaban J connectivity index is 1.44. The minimum atomic E-state index is -0.0769. The Kier molecular flexibility index (Phi) is 4.97. The quantitative estimate of drug-likeness (QED) is 0.693. The van der Waals surface area contributed by atoms with Crippen molar-refractivity contribution in [1.82, 2.24) is 14.9 Å². The SMILES string of the molecule is Cc1ccc(Oc2cc(N3CCN(C(=O)c4ccco4)CC3)nc(C)n2)cc1. The molecular formula is C21H22N4O3. The van der Waals surface area contributed by atoms with Crippen molar-refractivity contribution in [2.24, 2.45) is 0 Å². The molecule has 1 aromatic carbocycles. The van der Waals surface area contributed by atoms with Crippen molar-refractivity contribution >= 4 is 11.7 Å². The van der Waals surface area contributed by atoms with E-state index >= 15 is 0 Å². The van der Waals surface area contributed by atoms with E-state index in [1.807, 2.05) is 44.2 Å². The van der Waals surface area contributed by atoms with E-state index in [1.165, 1.54) is 11.8 Å². The largest absolute Gasteiger partial charge is 0.459 e. The van der Waals surface area contributed by atoms with E-state index in [9.17, 15) is 4.79 Å². The molecule has 0 aliphatic carbocycles. The molecule has 0 saturated carbocycles. The van der Waals surface area contributed by atoms with Gasteiger partial charge in [-0.05, 0) is 38.1 Å². The number of anilines is 1. The summed E-state index contributed by atoms with van der Waals surface area (Å²) in [5, 5.41) is 0. The van der Waals surface area contributed by atoms with E-state index in [4.69, 9.17) is 9.15 Å². The van der Waals surface area contributed by atoms with E-state index in [0.717, 1.165) is 11.6 Å². The first-order valence-corrected chi connectivity index (χ1v) is 9.26. The second-order valence-electron chi connectivity index (χ2n) is 6.78. The number of hydrogen-bond acceptors (Lipinski definition) is 6. The molecule has 0 radical (unpaired) electrons. The maximum absolute atomic E-state index is 12.4. The van der Waals surface area contributed by atoms with Crippen molar-refractivity contribution in [3.05, 3.63) is 65.9 Å². The highest BCUT2D eigenvalue weighted by Crippen LogP contribution is 2.24. The average Bonchev–Trinajstić information content (AvgIpc) is 3.24. The number of aromatic nitrogens is 2. The number of carbonyl (C=O) groups excluding carboxylic acids is 1. The Morgan fingerprint density at radius 1 is 1.04 bits per heavy atom. The van der Waals surface area contributed by atoms with Crippen molar-refractivity contribution < 1.29 is 13.9 Å². The number of amides is 1. The van der Waals surface area contributed by atoms with Crippen molar-refractivity contribution in [2.75, 3.05) is 31.1 Å². The molecule has 3 aromatic rings. The molecule has 2 aromatic heterocycles. The summed E-state index contributed by atoms with van der Waals surface area (Å²) in [5.74, 6) is 3.00. The van der Waals surface area contributed by atoms with Crippen LogP contribution in [0.5, 0.6) is 11.6 Å². The summed E-state index contributed by atoms with van der Waals surface area (Å²) in [5.41, 5.74) is 1.17.